The van der Waals surface area contributed by atoms with Gasteiger partial charge in [0, 0.05) is 12.2 Å². The Balaban J connectivity index is 2.01. The highest BCUT2D eigenvalue weighted by atomic mass is 19.4. The lowest BCUT2D eigenvalue weighted by Crippen LogP contribution is -2.35. The second kappa shape index (κ2) is 5.63. The SMILES string of the molecule is O=C(NC1C=CC(C(=O)O)C1)c1cccn1CC(F)(F)F. The first kappa shape index (κ1) is 15.1. The van der Waals surface area contributed by atoms with Gasteiger partial charge in [0.15, 0.2) is 0 Å². The lowest BCUT2D eigenvalue weighted by atomic mass is 10.1. The van der Waals surface area contributed by atoms with Gasteiger partial charge in [-0.05, 0) is 18.6 Å². The number of nitrogens with one attached hydrogen (secondary N) is 1. The molecule has 0 spiro atoms. The van der Waals surface area contributed by atoms with Crippen molar-refractivity contribution in [2.24, 2.45) is 5.92 Å². The highest BCUT2D eigenvalue weighted by Crippen LogP contribution is 2.20. The Kier molecular flexibility index (Phi) is 4.06. The number of halogens is 3. The van der Waals surface area contributed by atoms with Gasteiger partial charge < -0.3 is 15.0 Å². The van der Waals surface area contributed by atoms with Crippen LogP contribution < -0.4 is 5.32 Å². The first-order chi connectivity index (χ1) is 9.76. The standard InChI is InChI=1S/C13H13F3N2O3/c14-13(15,16)7-18-5-1-2-10(18)11(19)17-9-4-3-8(6-9)12(20)21/h1-5,8-9H,6-7H2,(H,17,19)(H,20,21). The lowest BCUT2D eigenvalue weighted by molar-refractivity contribution is -0.141. The zero-order valence-electron chi connectivity index (χ0n) is 10.8. The minimum atomic E-state index is -4.42. The average molecular weight is 302 g/mol. The van der Waals surface area contributed by atoms with E-state index in [1.165, 1.54) is 30.5 Å². The summed E-state index contributed by atoms with van der Waals surface area (Å²) in [5, 5.41) is 11.3. The van der Waals surface area contributed by atoms with E-state index < -0.39 is 36.6 Å². The molecule has 5 nitrogen and oxygen atoms in total. The number of hydrogen-bond acceptors (Lipinski definition) is 2. The van der Waals surface area contributed by atoms with E-state index in [-0.39, 0.29) is 12.1 Å². The molecule has 1 aliphatic rings. The van der Waals surface area contributed by atoms with E-state index in [4.69, 9.17) is 5.11 Å². The number of carbonyl (C=O) groups excluding carboxylic acids is 1. The molecule has 0 saturated heterocycles. The van der Waals surface area contributed by atoms with Gasteiger partial charge in [0.2, 0.25) is 0 Å². The van der Waals surface area contributed by atoms with Gasteiger partial charge in [0.05, 0.1) is 5.92 Å². The fourth-order valence-corrected chi connectivity index (χ4v) is 2.18. The molecule has 0 fully saturated rings. The molecule has 0 bridgehead atoms. The van der Waals surface area contributed by atoms with E-state index in [0.29, 0.717) is 0 Å². The summed E-state index contributed by atoms with van der Waals surface area (Å²) >= 11 is 0. The molecule has 2 unspecified atom stereocenters. The minimum absolute atomic E-state index is 0.112. The Morgan fingerprint density at radius 3 is 2.67 bits per heavy atom. The third-order valence-corrected chi connectivity index (χ3v) is 3.13. The van der Waals surface area contributed by atoms with Crippen LogP contribution in [0.25, 0.3) is 0 Å². The predicted molar refractivity (Wildman–Crippen MR) is 66.6 cm³/mol. The third-order valence-electron chi connectivity index (χ3n) is 3.13. The normalized spacial score (nSPS) is 21.5. The Labute approximate surface area is 118 Å². The van der Waals surface area contributed by atoms with Crippen molar-refractivity contribution in [3.63, 3.8) is 0 Å². The summed E-state index contributed by atoms with van der Waals surface area (Å²) in [6, 6.07) is 2.15. The summed E-state index contributed by atoms with van der Waals surface area (Å²) in [5.41, 5.74) is -0.112. The molecule has 0 radical (unpaired) electrons. The van der Waals surface area contributed by atoms with Gasteiger partial charge in [0.25, 0.3) is 5.91 Å². The number of carboxylic acid groups (broad SMARTS) is 1. The molecule has 0 saturated carbocycles. The molecular formula is C13H13F3N2O3. The molecule has 1 aromatic rings. The Morgan fingerprint density at radius 2 is 2.10 bits per heavy atom. The fourth-order valence-electron chi connectivity index (χ4n) is 2.18. The number of aromatic nitrogens is 1. The van der Waals surface area contributed by atoms with Crippen LogP contribution in [0.1, 0.15) is 16.9 Å². The lowest BCUT2D eigenvalue weighted by Gasteiger charge is -2.15. The number of rotatable bonds is 4. The molecule has 1 aliphatic carbocycles. The smallest absolute Gasteiger partial charge is 0.406 e. The van der Waals surface area contributed by atoms with Gasteiger partial charge in [-0.3, -0.25) is 9.59 Å². The van der Waals surface area contributed by atoms with Crippen LogP contribution in [-0.4, -0.2) is 33.8 Å². The van der Waals surface area contributed by atoms with Crippen LogP contribution in [-0.2, 0) is 11.3 Å². The Bertz CT molecular complexity index is 577. The largest absolute Gasteiger partial charge is 0.481 e. The molecule has 2 rings (SSSR count). The summed E-state index contributed by atoms with van der Waals surface area (Å²) in [6.45, 7) is -1.25. The molecular weight excluding hydrogens is 289 g/mol. The number of alkyl halides is 3. The van der Waals surface area contributed by atoms with Crippen LogP contribution >= 0.6 is 0 Å². The second-order valence-electron chi connectivity index (χ2n) is 4.78. The van der Waals surface area contributed by atoms with Gasteiger partial charge in [-0.15, -0.1) is 0 Å². The summed E-state index contributed by atoms with van der Waals surface area (Å²) in [6.07, 6.45) is -0.0561. The maximum atomic E-state index is 12.4. The Morgan fingerprint density at radius 1 is 1.38 bits per heavy atom. The number of carbonyl (C=O) groups is 2. The first-order valence-electron chi connectivity index (χ1n) is 6.20. The van der Waals surface area contributed by atoms with Crippen molar-refractivity contribution in [1.82, 2.24) is 9.88 Å². The fraction of sp³-hybridized carbons (Fsp3) is 0.385. The van der Waals surface area contributed by atoms with Crippen molar-refractivity contribution < 1.29 is 27.9 Å². The predicted octanol–water partition coefficient (Wildman–Crippen LogP) is 1.81. The quantitative estimate of drug-likeness (QED) is 0.833. The maximum absolute atomic E-state index is 12.4. The van der Waals surface area contributed by atoms with E-state index in [1.54, 1.807) is 0 Å². The molecule has 0 aromatic carbocycles. The number of amides is 1. The Hall–Kier alpha value is -2.25. The number of nitrogens with zero attached hydrogens (tertiary/aromatic N) is 1. The highest BCUT2D eigenvalue weighted by molar-refractivity contribution is 5.93. The summed E-state index contributed by atoms with van der Waals surface area (Å²) in [7, 11) is 0. The molecule has 8 heteroatoms. The molecule has 21 heavy (non-hydrogen) atoms. The minimum Gasteiger partial charge on any atom is -0.481 e. The topological polar surface area (TPSA) is 71.3 Å². The van der Waals surface area contributed by atoms with E-state index in [2.05, 4.69) is 5.32 Å². The molecule has 1 heterocycles. The summed E-state index contributed by atoms with van der Waals surface area (Å²) in [4.78, 5) is 22.7. The monoisotopic (exact) mass is 302 g/mol. The number of carboxylic acids is 1. The molecule has 0 aliphatic heterocycles. The molecule has 114 valence electrons. The van der Waals surface area contributed by atoms with Crippen molar-refractivity contribution >= 4 is 11.9 Å². The zero-order valence-corrected chi connectivity index (χ0v) is 10.8. The second-order valence-corrected chi connectivity index (χ2v) is 4.78. The van der Waals surface area contributed by atoms with Crippen LogP contribution in [0.5, 0.6) is 0 Å². The number of hydrogen-bond donors (Lipinski definition) is 2. The van der Waals surface area contributed by atoms with E-state index in [9.17, 15) is 22.8 Å². The third kappa shape index (κ3) is 3.87. The van der Waals surface area contributed by atoms with Gasteiger partial charge in [0.1, 0.15) is 12.2 Å². The molecule has 2 atom stereocenters. The van der Waals surface area contributed by atoms with E-state index in [1.807, 2.05) is 0 Å². The molecule has 1 amide bonds. The maximum Gasteiger partial charge on any atom is 0.406 e. The van der Waals surface area contributed by atoms with Crippen LogP contribution in [0, 0.1) is 5.92 Å². The van der Waals surface area contributed by atoms with E-state index >= 15 is 0 Å². The van der Waals surface area contributed by atoms with Gasteiger partial charge in [-0.25, -0.2) is 0 Å². The summed E-state index contributed by atoms with van der Waals surface area (Å²) < 4.78 is 37.9. The summed E-state index contributed by atoms with van der Waals surface area (Å²) in [5.74, 6) is -2.34. The van der Waals surface area contributed by atoms with Crippen molar-refractivity contribution in [2.75, 3.05) is 0 Å². The van der Waals surface area contributed by atoms with Crippen LogP contribution in [0.4, 0.5) is 13.2 Å². The molecule has 2 N–H and O–H groups in total. The van der Waals surface area contributed by atoms with Crippen LogP contribution in [0.15, 0.2) is 30.5 Å². The van der Waals surface area contributed by atoms with Crippen molar-refractivity contribution in [3.05, 3.63) is 36.2 Å². The van der Waals surface area contributed by atoms with Gasteiger partial charge >= 0.3 is 12.1 Å². The highest BCUT2D eigenvalue weighted by Gasteiger charge is 2.30. The zero-order chi connectivity index (χ0) is 15.6. The van der Waals surface area contributed by atoms with Crippen LogP contribution in [0.3, 0.4) is 0 Å². The van der Waals surface area contributed by atoms with Crippen molar-refractivity contribution in [2.45, 2.75) is 25.2 Å². The van der Waals surface area contributed by atoms with Crippen molar-refractivity contribution in [3.8, 4) is 0 Å². The average Bonchev–Trinajstić information content (AvgIpc) is 2.95. The van der Waals surface area contributed by atoms with Crippen molar-refractivity contribution in [1.29, 1.82) is 0 Å². The molecule has 1 aromatic heterocycles. The van der Waals surface area contributed by atoms with Gasteiger partial charge in [-0.1, -0.05) is 12.2 Å². The van der Waals surface area contributed by atoms with Gasteiger partial charge in [-0.2, -0.15) is 13.2 Å². The first-order valence-corrected chi connectivity index (χ1v) is 6.20. The number of aliphatic carboxylic acids is 1. The van der Waals surface area contributed by atoms with Crippen LogP contribution in [0.2, 0.25) is 0 Å². The van der Waals surface area contributed by atoms with E-state index in [0.717, 1.165) is 4.57 Å².